The predicted molar refractivity (Wildman–Crippen MR) is 170 cm³/mol. The van der Waals surface area contributed by atoms with Crippen molar-refractivity contribution in [2.75, 3.05) is 26.3 Å². The van der Waals surface area contributed by atoms with E-state index in [4.69, 9.17) is 19.9 Å². The highest BCUT2D eigenvalue weighted by Crippen LogP contribution is 2.16. The second kappa shape index (κ2) is 23.3. The molecule has 1 aliphatic rings. The van der Waals surface area contributed by atoms with Crippen LogP contribution in [0.1, 0.15) is 115 Å². The van der Waals surface area contributed by atoms with E-state index in [2.05, 4.69) is 12.2 Å². The minimum Gasteiger partial charge on any atom is -0.461 e. The fraction of sp³-hybridized carbons (Fsp3) is 0.706. The first-order valence-electron chi connectivity index (χ1n) is 16.7. The van der Waals surface area contributed by atoms with Gasteiger partial charge in [0.2, 0.25) is 5.91 Å². The molecule has 10 nitrogen and oxygen atoms in total. The van der Waals surface area contributed by atoms with Crippen molar-refractivity contribution in [1.82, 2.24) is 10.2 Å². The Morgan fingerprint density at radius 3 is 2.09 bits per heavy atom. The topological polar surface area (TPSA) is 137 Å². The molecule has 1 saturated heterocycles. The molecular formula is C34H55N3O7. The maximum Gasteiger partial charge on any atom is 0.328 e. The first-order valence-corrected chi connectivity index (χ1v) is 16.7. The third-order valence-electron chi connectivity index (χ3n) is 7.84. The number of nitrogens with two attached hydrogens (primary N) is 1. The number of esters is 2. The molecular weight excluding hydrogens is 562 g/mol. The van der Waals surface area contributed by atoms with Crippen molar-refractivity contribution in [3.63, 3.8) is 0 Å². The number of hydrogen-bond donors (Lipinski definition) is 2. The fourth-order valence-electron chi connectivity index (χ4n) is 5.23. The molecule has 1 aromatic carbocycles. The van der Waals surface area contributed by atoms with Crippen LogP contribution in [-0.4, -0.2) is 67.2 Å². The molecule has 44 heavy (non-hydrogen) atoms. The van der Waals surface area contributed by atoms with Crippen LogP contribution in [0.3, 0.4) is 0 Å². The van der Waals surface area contributed by atoms with Gasteiger partial charge in [-0.1, -0.05) is 101 Å². The van der Waals surface area contributed by atoms with E-state index < -0.39 is 30.1 Å². The van der Waals surface area contributed by atoms with Crippen LogP contribution < -0.4 is 11.1 Å². The summed E-state index contributed by atoms with van der Waals surface area (Å²) in [7, 11) is 0. The lowest BCUT2D eigenvalue weighted by atomic mass is 10.0. The Hall–Kier alpha value is -3.14. The summed E-state index contributed by atoms with van der Waals surface area (Å²) in [5.74, 6) is -1.55. The van der Waals surface area contributed by atoms with Gasteiger partial charge in [-0.2, -0.15) is 0 Å². The number of urea groups is 1. The third kappa shape index (κ3) is 17.2. The van der Waals surface area contributed by atoms with E-state index in [1.165, 1.54) is 51.4 Å². The van der Waals surface area contributed by atoms with Crippen molar-refractivity contribution in [3.05, 3.63) is 35.9 Å². The second-order valence-corrected chi connectivity index (χ2v) is 11.7. The second-order valence-electron chi connectivity index (χ2n) is 11.7. The van der Waals surface area contributed by atoms with Gasteiger partial charge in [-0.15, -0.1) is 0 Å². The zero-order chi connectivity index (χ0) is 31.8. The Morgan fingerprint density at radius 2 is 1.48 bits per heavy atom. The van der Waals surface area contributed by atoms with E-state index in [9.17, 15) is 19.2 Å². The standard InChI is InChI=1S/C34H55N3O7/c1-2-3-4-5-6-7-8-9-10-11-15-19-29(26-31(35)38)44-33(40)30(36-34(41)37-22-24-42-25-23-37)20-16-21-32(39)43-27-28-17-13-12-14-18-28/h12-14,17-18,29-30H,2-11,15-16,19-27H2,1H3,(H2,35,38)(H,36,41)/t29-,30-/m0/s1. The number of rotatable bonds is 23. The molecule has 0 radical (unpaired) electrons. The van der Waals surface area contributed by atoms with Crippen LogP contribution in [0.25, 0.3) is 0 Å². The average Bonchev–Trinajstić information content (AvgIpc) is 3.02. The van der Waals surface area contributed by atoms with E-state index >= 15 is 0 Å². The molecule has 2 rings (SSSR count). The number of benzene rings is 1. The molecule has 1 fully saturated rings. The number of carbonyl (C=O) groups is 4. The highest BCUT2D eigenvalue weighted by atomic mass is 16.5. The summed E-state index contributed by atoms with van der Waals surface area (Å²) in [6, 6.07) is 8.03. The summed E-state index contributed by atoms with van der Waals surface area (Å²) < 4.78 is 16.4. The first kappa shape index (κ1) is 37.0. The largest absolute Gasteiger partial charge is 0.461 e. The first-order chi connectivity index (χ1) is 21.4. The number of morpholine rings is 1. The number of amides is 3. The Balaban J connectivity index is 1.83. The van der Waals surface area contributed by atoms with Gasteiger partial charge in [0.25, 0.3) is 0 Å². The van der Waals surface area contributed by atoms with Crippen molar-refractivity contribution >= 4 is 23.9 Å². The number of nitrogens with one attached hydrogen (secondary N) is 1. The molecule has 0 saturated carbocycles. The van der Waals surface area contributed by atoms with Gasteiger partial charge in [0, 0.05) is 19.5 Å². The molecule has 0 unspecified atom stereocenters. The Bertz CT molecular complexity index is 953. The number of carbonyl (C=O) groups excluding carboxylic acids is 4. The van der Waals surface area contributed by atoms with E-state index in [0.29, 0.717) is 39.1 Å². The van der Waals surface area contributed by atoms with E-state index in [-0.39, 0.29) is 31.8 Å². The van der Waals surface area contributed by atoms with Crippen LogP contribution in [0.15, 0.2) is 30.3 Å². The Labute approximate surface area is 263 Å². The quantitative estimate of drug-likeness (QED) is 0.117. The van der Waals surface area contributed by atoms with Gasteiger partial charge in [0.1, 0.15) is 18.8 Å². The summed E-state index contributed by atoms with van der Waals surface area (Å²) in [6.07, 6.45) is 13.5. The molecule has 248 valence electrons. The number of nitrogens with zero attached hydrogens (tertiary/aromatic N) is 1. The van der Waals surface area contributed by atoms with E-state index in [1.807, 2.05) is 30.3 Å². The van der Waals surface area contributed by atoms with Gasteiger partial charge in [-0.3, -0.25) is 9.59 Å². The fourth-order valence-corrected chi connectivity index (χ4v) is 5.23. The lowest BCUT2D eigenvalue weighted by Crippen LogP contribution is -2.52. The molecule has 3 N–H and O–H groups in total. The molecule has 0 aliphatic carbocycles. The average molecular weight is 618 g/mol. The van der Waals surface area contributed by atoms with Crippen LogP contribution in [0.4, 0.5) is 4.79 Å². The maximum atomic E-state index is 13.3. The van der Waals surface area contributed by atoms with Crippen LogP contribution >= 0.6 is 0 Å². The van der Waals surface area contributed by atoms with Gasteiger partial charge in [-0.05, 0) is 31.2 Å². The van der Waals surface area contributed by atoms with E-state index in [0.717, 1.165) is 24.8 Å². The number of primary amides is 1. The molecule has 1 aliphatic heterocycles. The molecule has 1 aromatic rings. The van der Waals surface area contributed by atoms with Crippen LogP contribution in [0.5, 0.6) is 0 Å². The van der Waals surface area contributed by atoms with Gasteiger partial charge in [-0.25, -0.2) is 9.59 Å². The molecule has 3 amide bonds. The smallest absolute Gasteiger partial charge is 0.328 e. The number of unbranched alkanes of at least 4 members (excludes halogenated alkanes) is 10. The van der Waals surface area contributed by atoms with Crippen LogP contribution in [-0.2, 0) is 35.2 Å². The maximum absolute atomic E-state index is 13.3. The van der Waals surface area contributed by atoms with Gasteiger partial charge >= 0.3 is 18.0 Å². The van der Waals surface area contributed by atoms with Crippen molar-refractivity contribution in [1.29, 1.82) is 0 Å². The monoisotopic (exact) mass is 617 g/mol. The summed E-state index contributed by atoms with van der Waals surface area (Å²) in [5.41, 5.74) is 6.35. The van der Waals surface area contributed by atoms with Gasteiger partial charge in [0.05, 0.1) is 19.6 Å². The Kier molecular flexibility index (Phi) is 19.6. The molecule has 0 bridgehead atoms. The van der Waals surface area contributed by atoms with Crippen LogP contribution in [0.2, 0.25) is 0 Å². The number of hydrogen-bond acceptors (Lipinski definition) is 7. The number of ether oxygens (including phenoxy) is 3. The highest BCUT2D eigenvalue weighted by Gasteiger charge is 2.28. The molecule has 0 spiro atoms. The normalized spacial score (nSPS) is 14.4. The molecule has 1 heterocycles. The Morgan fingerprint density at radius 1 is 0.864 bits per heavy atom. The van der Waals surface area contributed by atoms with Crippen molar-refractivity contribution in [3.8, 4) is 0 Å². The molecule has 10 heteroatoms. The minimum atomic E-state index is -0.972. The SMILES string of the molecule is CCCCCCCCCCCCC[C@@H](CC(N)=O)OC(=O)[C@H](CCCC(=O)OCc1ccccc1)NC(=O)N1CCOCC1. The zero-order valence-corrected chi connectivity index (χ0v) is 26.8. The van der Waals surface area contributed by atoms with Gasteiger partial charge in [0.15, 0.2) is 0 Å². The lowest BCUT2D eigenvalue weighted by Gasteiger charge is -2.29. The van der Waals surface area contributed by atoms with Crippen molar-refractivity contribution < 1.29 is 33.4 Å². The van der Waals surface area contributed by atoms with Crippen molar-refractivity contribution in [2.45, 2.75) is 128 Å². The highest BCUT2D eigenvalue weighted by molar-refractivity contribution is 5.84. The lowest BCUT2D eigenvalue weighted by molar-refractivity contribution is -0.153. The molecule has 0 aromatic heterocycles. The molecule has 2 atom stereocenters. The summed E-state index contributed by atoms with van der Waals surface area (Å²) in [5, 5.41) is 2.78. The third-order valence-corrected chi connectivity index (χ3v) is 7.84. The van der Waals surface area contributed by atoms with Gasteiger partial charge < -0.3 is 30.2 Å². The summed E-state index contributed by atoms with van der Waals surface area (Å²) >= 11 is 0. The summed E-state index contributed by atoms with van der Waals surface area (Å²) in [4.78, 5) is 51.9. The zero-order valence-electron chi connectivity index (χ0n) is 26.8. The van der Waals surface area contributed by atoms with E-state index in [1.54, 1.807) is 4.90 Å². The minimum absolute atomic E-state index is 0.0700. The van der Waals surface area contributed by atoms with Crippen molar-refractivity contribution in [2.24, 2.45) is 5.73 Å². The predicted octanol–water partition coefficient (Wildman–Crippen LogP) is 5.80. The van der Waals surface area contributed by atoms with Crippen LogP contribution in [0, 0.1) is 0 Å². The summed E-state index contributed by atoms with van der Waals surface area (Å²) in [6.45, 7) is 4.09.